The molecule has 0 rings (SSSR count). The minimum absolute atomic E-state index is 0.106. The van der Waals surface area contributed by atoms with Crippen molar-refractivity contribution in [2.45, 2.75) is 0 Å². The van der Waals surface area contributed by atoms with Crippen LogP contribution in [0, 0.1) is 0 Å². The molecule has 0 aliphatic carbocycles. The first-order valence-corrected chi connectivity index (χ1v) is 18.3. The fourth-order valence-corrected chi connectivity index (χ4v) is 0. The molecule has 0 aromatic heterocycles. The summed E-state index contributed by atoms with van der Waals surface area (Å²) in [5, 5.41) is 0. The van der Waals surface area contributed by atoms with Gasteiger partial charge < -0.3 is 0 Å². The third-order valence-electron chi connectivity index (χ3n) is 0. The second-order valence-electron chi connectivity index (χ2n) is 0.146. The molecule has 0 aliphatic heterocycles. The zero-order valence-corrected chi connectivity index (χ0v) is 12.6. The Balaban J connectivity index is 0. The van der Waals surface area contributed by atoms with Gasteiger partial charge in [-0.3, -0.25) is 0 Å². The van der Waals surface area contributed by atoms with Gasteiger partial charge in [0.2, 0.25) is 0 Å². The van der Waals surface area contributed by atoms with Gasteiger partial charge in [-0.1, -0.05) is 0 Å². The van der Waals surface area contributed by atoms with E-state index in [-0.39, 0.29) is 15.9 Å². The van der Waals surface area contributed by atoms with Gasteiger partial charge in [0.15, 0.2) is 0 Å². The zero-order chi connectivity index (χ0) is 5.41. The molecule has 0 radical (unpaired) electrons. The van der Waals surface area contributed by atoms with Crippen LogP contribution in [0.15, 0.2) is 0 Å². The van der Waals surface area contributed by atoms with Crippen LogP contribution in [0.1, 0.15) is 0 Å². The van der Waals surface area contributed by atoms with Crippen LogP contribution in [0.2, 0.25) is 0 Å². The van der Waals surface area contributed by atoms with E-state index in [2.05, 4.69) is 0 Å². The zero-order valence-electron chi connectivity index (χ0n) is 2.54. The molecule has 0 fully saturated rings. The van der Waals surface area contributed by atoms with Crippen molar-refractivity contribution >= 4 is 35.6 Å². The molecule has 0 nitrogen and oxygen atoms in total. The molecule has 0 aliphatic rings. The number of hydrogen-bond donors (Lipinski definition) is 0. The number of hydrogen-bond acceptors (Lipinski definition) is 0. The van der Waals surface area contributed by atoms with Crippen molar-refractivity contribution in [2.75, 3.05) is 0 Å². The Morgan fingerprint density at radius 3 is 1.17 bits per heavy atom. The molecule has 0 N–H and O–H groups in total. The molecule has 0 saturated heterocycles. The van der Waals surface area contributed by atoms with Crippen LogP contribution in [0.5, 0.6) is 0 Å². The number of rotatable bonds is 0. The van der Waals surface area contributed by atoms with Crippen molar-refractivity contribution in [3.8, 4) is 0 Å². The molecule has 6 heteroatoms. The maximum atomic E-state index is 4.99. The molecular formula is Cl4HgPd. The van der Waals surface area contributed by atoms with Crippen LogP contribution < -0.4 is 0 Å². The second-order valence-corrected chi connectivity index (χ2v) is 10.4. The molecule has 0 spiro atoms. The van der Waals surface area contributed by atoms with Gasteiger partial charge in [-0.15, -0.1) is 0 Å². The summed E-state index contributed by atoms with van der Waals surface area (Å²) in [6.45, 7) is 0. The first-order valence-electron chi connectivity index (χ1n) is 0.774. The molecule has 40 valence electrons. The van der Waals surface area contributed by atoms with E-state index in [0.717, 1.165) is 0 Å². The Morgan fingerprint density at radius 1 is 1.17 bits per heavy atom. The van der Waals surface area contributed by atoms with Crippen molar-refractivity contribution in [2.24, 2.45) is 0 Å². The quantitative estimate of drug-likeness (QED) is 0.500. The standard InChI is InChI=1S/4ClH.Hg.Pd/h4*1H;;/q;;;;2*+2/p-4. The Kier molecular flexibility index (Phi) is 30.1. The normalized spacial score (nSPS) is 5.33. The topological polar surface area (TPSA) is 0 Å². The second kappa shape index (κ2) is 15.7. The summed E-state index contributed by atoms with van der Waals surface area (Å²) >= 11 is -1.24. The van der Waals surface area contributed by atoms with Gasteiger partial charge in [-0.2, -0.15) is 0 Å². The molecule has 0 amide bonds. The Labute approximate surface area is 72.3 Å². The van der Waals surface area contributed by atoms with Gasteiger partial charge in [0.25, 0.3) is 0 Å². The molecule has 0 unspecified atom stereocenters. The fourth-order valence-electron chi connectivity index (χ4n) is 0. The van der Waals surface area contributed by atoms with Gasteiger partial charge in [-0.25, -0.2) is 0 Å². The molecule has 0 bridgehead atoms. The molecule has 0 atom stereocenters. The average Bonchev–Trinajstić information content (AvgIpc) is 1.39. The van der Waals surface area contributed by atoms with Crippen molar-refractivity contribution in [3.05, 3.63) is 0 Å². The third-order valence-corrected chi connectivity index (χ3v) is 0. The SMILES string of the molecule is [Cl][Hg][Cl].[Cl][Pd][Cl]. The van der Waals surface area contributed by atoms with Crippen LogP contribution >= 0.6 is 35.6 Å². The molecular weight excluding hydrogens is 449 g/mol. The Bertz CT molecular complexity index is 9.51. The summed E-state index contributed by atoms with van der Waals surface area (Å²) in [5.74, 6) is 0. The predicted octanol–water partition coefficient (Wildman–Crippen LogP) is 2.75. The van der Waals surface area contributed by atoms with Crippen LogP contribution in [-0.4, -0.2) is 0 Å². The summed E-state index contributed by atoms with van der Waals surface area (Å²) in [5.41, 5.74) is 0. The van der Waals surface area contributed by atoms with E-state index in [0.29, 0.717) is 0 Å². The van der Waals surface area contributed by atoms with Crippen molar-refractivity contribution in [3.63, 3.8) is 0 Å². The van der Waals surface area contributed by atoms with Crippen molar-refractivity contribution in [1.29, 1.82) is 0 Å². The van der Waals surface area contributed by atoms with Crippen LogP contribution in [0.4, 0.5) is 0 Å². The molecule has 0 aromatic carbocycles. The molecule has 0 saturated carbocycles. The first kappa shape index (κ1) is 11.5. The van der Waals surface area contributed by atoms with Gasteiger partial charge in [0.05, 0.1) is 0 Å². The van der Waals surface area contributed by atoms with Crippen LogP contribution in [0.3, 0.4) is 0 Å². The molecule has 0 heterocycles. The minimum atomic E-state index is -1.14. The number of halogens is 4. The van der Waals surface area contributed by atoms with Gasteiger partial charge in [-0.05, 0) is 0 Å². The van der Waals surface area contributed by atoms with E-state index in [4.69, 9.17) is 35.6 Å². The van der Waals surface area contributed by atoms with E-state index < -0.39 is 22.1 Å². The third kappa shape index (κ3) is 29.5. The summed E-state index contributed by atoms with van der Waals surface area (Å²) in [6.07, 6.45) is 0. The van der Waals surface area contributed by atoms with E-state index >= 15 is 0 Å². The van der Waals surface area contributed by atoms with E-state index in [1.54, 1.807) is 0 Å². The maximum absolute atomic E-state index is 4.99. The van der Waals surface area contributed by atoms with Gasteiger partial charge in [0, 0.05) is 0 Å². The van der Waals surface area contributed by atoms with Crippen LogP contribution in [-0.2, 0) is 38.0 Å². The summed E-state index contributed by atoms with van der Waals surface area (Å²) in [7, 11) is 19.6. The first-order chi connectivity index (χ1) is 2.83. The van der Waals surface area contributed by atoms with E-state index in [1.165, 1.54) is 0 Å². The molecule has 6 heavy (non-hydrogen) atoms. The summed E-state index contributed by atoms with van der Waals surface area (Å²) < 4.78 is 0. The average molecular weight is 449 g/mol. The monoisotopic (exact) mass is 448 g/mol. The van der Waals surface area contributed by atoms with E-state index in [9.17, 15) is 0 Å². The van der Waals surface area contributed by atoms with Gasteiger partial charge >= 0.3 is 73.6 Å². The Morgan fingerprint density at radius 2 is 1.17 bits per heavy atom. The summed E-state index contributed by atoms with van der Waals surface area (Å²) in [6, 6.07) is 0. The van der Waals surface area contributed by atoms with Gasteiger partial charge in [0.1, 0.15) is 0 Å². The summed E-state index contributed by atoms with van der Waals surface area (Å²) in [4.78, 5) is 0. The Hall–Kier alpha value is 2.76. The van der Waals surface area contributed by atoms with Crippen molar-refractivity contribution < 1.29 is 38.0 Å². The predicted molar refractivity (Wildman–Crippen MR) is 23.4 cm³/mol. The molecule has 0 aromatic rings. The fraction of sp³-hybridized carbons (Fsp3) is 0. The van der Waals surface area contributed by atoms with E-state index in [1.807, 2.05) is 0 Å². The van der Waals surface area contributed by atoms with Crippen molar-refractivity contribution in [1.82, 2.24) is 0 Å². The van der Waals surface area contributed by atoms with Crippen LogP contribution in [0.25, 0.3) is 0 Å².